The molecule has 0 aromatic heterocycles. The molecule has 1 heterocycles. The first-order chi connectivity index (χ1) is 13.4. The van der Waals surface area contributed by atoms with Gasteiger partial charge in [0.1, 0.15) is 11.4 Å². The zero-order chi connectivity index (χ0) is 16.3. The lowest BCUT2D eigenvalue weighted by Crippen LogP contribution is -2.55. The number of benzene rings is 1. The van der Waals surface area contributed by atoms with Gasteiger partial charge in [0.2, 0.25) is 0 Å². The van der Waals surface area contributed by atoms with E-state index in [1.807, 2.05) is 0 Å². The van der Waals surface area contributed by atoms with Gasteiger partial charge in [-0.2, -0.15) is 0 Å². The molecule has 12 rings (SSSR count). The summed E-state index contributed by atoms with van der Waals surface area (Å²) in [5, 5.41) is 0. The summed E-state index contributed by atoms with van der Waals surface area (Å²) in [7, 11) is 0. The van der Waals surface area contributed by atoms with Crippen LogP contribution in [0.25, 0.3) is 0 Å². The summed E-state index contributed by atoms with van der Waals surface area (Å²) in [4.78, 5) is 0. The first kappa shape index (κ1) is 11.9. The molecule has 27 heavy (non-hydrogen) atoms. The molecule has 1 aliphatic heterocycles. The zero-order valence-electron chi connectivity index (χ0n) is 15.4. The average Bonchev–Trinajstić information content (AvgIpc) is 3.42. The van der Waals surface area contributed by atoms with Crippen molar-refractivity contribution in [3.63, 3.8) is 0 Å². The van der Waals surface area contributed by atoms with Crippen LogP contribution in [0.2, 0.25) is 0 Å². The van der Waals surface area contributed by atoms with Gasteiger partial charge in [-0.1, -0.05) is 18.2 Å². The van der Waals surface area contributed by atoms with E-state index < -0.39 is 0 Å². The van der Waals surface area contributed by atoms with Gasteiger partial charge in [0, 0.05) is 22.8 Å². The molecule has 1 aromatic carbocycles. The van der Waals surface area contributed by atoms with Crippen molar-refractivity contribution in [3.05, 3.63) is 29.8 Å². The smallest absolute Gasteiger partial charge is 0.126 e. The lowest BCUT2D eigenvalue weighted by Gasteiger charge is -2.46. The van der Waals surface area contributed by atoms with Crippen molar-refractivity contribution in [1.29, 1.82) is 0 Å². The fraction of sp³-hybridized carbons (Fsp3) is 0.769. The summed E-state index contributed by atoms with van der Waals surface area (Å²) >= 11 is 0. The van der Waals surface area contributed by atoms with Crippen LogP contribution >= 0.6 is 0 Å². The van der Waals surface area contributed by atoms with Gasteiger partial charge >= 0.3 is 0 Å². The summed E-state index contributed by atoms with van der Waals surface area (Å²) in [6.07, 6.45) is 3.23. The van der Waals surface area contributed by atoms with E-state index >= 15 is 0 Å². The van der Waals surface area contributed by atoms with Crippen molar-refractivity contribution in [1.82, 2.24) is 0 Å². The first-order valence-electron chi connectivity index (χ1n) is 12.2. The molecule has 0 N–H and O–H groups in total. The van der Waals surface area contributed by atoms with Crippen LogP contribution in [0.15, 0.2) is 24.3 Å². The third-order valence-electron chi connectivity index (χ3n) is 14.5. The molecule has 0 saturated heterocycles. The Labute approximate surface area is 159 Å². The van der Waals surface area contributed by atoms with Crippen LogP contribution < -0.4 is 4.74 Å². The van der Waals surface area contributed by atoms with Crippen molar-refractivity contribution < 1.29 is 4.74 Å². The predicted molar refractivity (Wildman–Crippen MR) is 96.6 cm³/mol. The number of para-hydroxylation sites is 1. The predicted octanol–water partition coefficient (Wildman–Crippen LogP) is 3.83. The Bertz CT molecular complexity index is 1020. The topological polar surface area (TPSA) is 9.23 Å². The van der Waals surface area contributed by atoms with Crippen LogP contribution in [-0.2, 0) is 5.41 Å². The minimum atomic E-state index is 0.280. The van der Waals surface area contributed by atoms with E-state index in [4.69, 9.17) is 4.74 Å². The normalized spacial score (nSPS) is 83.1. The van der Waals surface area contributed by atoms with Crippen LogP contribution in [0.5, 0.6) is 5.75 Å². The fourth-order valence-corrected chi connectivity index (χ4v) is 16.1. The Morgan fingerprint density at radius 1 is 0.667 bits per heavy atom. The summed E-state index contributed by atoms with van der Waals surface area (Å²) in [5.41, 5.74) is 2.47. The molecule has 134 valence electrons. The molecule has 10 aliphatic carbocycles. The molecule has 11 aliphatic rings. The molecule has 10 fully saturated rings. The highest BCUT2D eigenvalue weighted by Gasteiger charge is 3.01. The summed E-state index contributed by atoms with van der Waals surface area (Å²) < 4.78 is 7.41. The second kappa shape index (κ2) is 2.78. The average molecular weight is 352 g/mol. The molecule has 1 nitrogen and oxygen atoms in total. The van der Waals surface area contributed by atoms with E-state index in [1.54, 1.807) is 18.4 Å². The lowest BCUT2D eigenvalue weighted by molar-refractivity contribution is -0.0348. The van der Waals surface area contributed by atoms with E-state index in [0.29, 0.717) is 5.41 Å². The fourth-order valence-electron chi connectivity index (χ4n) is 16.1. The third-order valence-corrected chi connectivity index (χ3v) is 14.5. The van der Waals surface area contributed by atoms with E-state index in [9.17, 15) is 0 Å². The summed E-state index contributed by atoms with van der Waals surface area (Å²) in [6, 6.07) is 9.51. The van der Waals surface area contributed by atoms with Crippen molar-refractivity contribution in [2.75, 3.05) is 0 Å². The monoisotopic (exact) mass is 352 g/mol. The number of ether oxygens (including phenoxy) is 1. The Morgan fingerprint density at radius 2 is 1.30 bits per heavy atom. The Morgan fingerprint density at radius 3 is 2.00 bits per heavy atom. The second-order valence-corrected chi connectivity index (χ2v) is 13.1. The molecule has 4 unspecified atom stereocenters. The second-order valence-electron chi connectivity index (χ2n) is 13.1. The minimum Gasteiger partial charge on any atom is -0.485 e. The van der Waals surface area contributed by atoms with Gasteiger partial charge in [0.05, 0.1) is 0 Å². The standard InChI is InChI=1S/C26H24O/c1-2-4-12-9(3-1)25-10-5-7-13-8-6-11(25)17-15(8)20-18(13)19-14(7)16(10)23-21(19)22(20)24(17)26(23,25)27-12/h1-4,7-8,10-11,13-24H,5-6H2/t7-,8-,10-,11-,13?,14-,15+,16+,17-,18?,19-,20+,21-,22+,23+,24-,25?,26?/m1/s1. The van der Waals surface area contributed by atoms with Gasteiger partial charge < -0.3 is 4.74 Å². The minimum absolute atomic E-state index is 0.280. The van der Waals surface area contributed by atoms with E-state index in [-0.39, 0.29) is 5.60 Å². The van der Waals surface area contributed by atoms with Crippen LogP contribution in [0.3, 0.4) is 0 Å². The largest absolute Gasteiger partial charge is 0.485 e. The summed E-state index contributed by atoms with van der Waals surface area (Å²) in [6.45, 7) is 0. The van der Waals surface area contributed by atoms with Crippen molar-refractivity contribution in [3.8, 4) is 5.75 Å². The van der Waals surface area contributed by atoms with Gasteiger partial charge in [-0.15, -0.1) is 0 Å². The summed E-state index contributed by atoms with van der Waals surface area (Å²) in [5.74, 6) is 19.0. The molecule has 0 bridgehead atoms. The Balaban J connectivity index is 1.36. The number of hydrogen-bond acceptors (Lipinski definition) is 1. The maximum Gasteiger partial charge on any atom is 0.126 e. The van der Waals surface area contributed by atoms with Crippen molar-refractivity contribution in [2.45, 2.75) is 23.9 Å². The number of hydrogen-bond donors (Lipinski definition) is 0. The lowest BCUT2D eigenvalue weighted by atomic mass is 9.57. The van der Waals surface area contributed by atoms with Crippen LogP contribution in [0.1, 0.15) is 18.4 Å². The maximum atomic E-state index is 7.41. The van der Waals surface area contributed by atoms with Gasteiger partial charge in [-0.3, -0.25) is 0 Å². The van der Waals surface area contributed by atoms with Crippen LogP contribution in [-0.4, -0.2) is 5.60 Å². The molecular weight excluding hydrogens is 328 g/mol. The molecular formula is C26H24O. The van der Waals surface area contributed by atoms with Crippen LogP contribution in [0, 0.1) is 94.7 Å². The van der Waals surface area contributed by atoms with Gasteiger partial charge in [-0.05, 0) is 102 Å². The van der Waals surface area contributed by atoms with Crippen molar-refractivity contribution in [2.24, 2.45) is 94.7 Å². The zero-order valence-corrected chi connectivity index (χ0v) is 15.4. The number of fused-ring (bicyclic) bond motifs is 3. The van der Waals surface area contributed by atoms with Gasteiger partial charge in [-0.25, -0.2) is 0 Å². The molecule has 10 saturated carbocycles. The highest BCUT2D eigenvalue weighted by atomic mass is 16.5. The maximum absolute atomic E-state index is 7.41. The highest BCUT2D eigenvalue weighted by Crippen LogP contribution is 3.00. The molecule has 1 heteroatoms. The Kier molecular flexibility index (Phi) is 1.23. The first-order valence-corrected chi connectivity index (χ1v) is 12.2. The Hall–Kier alpha value is -0.980. The van der Waals surface area contributed by atoms with E-state index in [2.05, 4.69) is 24.3 Å². The molecule has 0 radical (unpaired) electrons. The van der Waals surface area contributed by atoms with Gasteiger partial charge in [0.15, 0.2) is 0 Å². The number of rotatable bonds is 0. The quantitative estimate of drug-likeness (QED) is 0.689. The van der Waals surface area contributed by atoms with E-state index in [1.165, 1.54) is 29.4 Å². The SMILES string of the molecule is c1ccc2c(c1)OC13[C@@H]4[C@H]5[C@H]6[C@H]7C8C9[C@H]6C[C@H]5C21[C@@H]1C[C@H]9[C@H]2[C@H]8[C@H]([C@H]74)[C@@H]3[C@H]21. The van der Waals surface area contributed by atoms with E-state index in [0.717, 1.165) is 71.0 Å². The van der Waals surface area contributed by atoms with Crippen molar-refractivity contribution >= 4 is 0 Å². The molecule has 1 spiro atoms. The third kappa shape index (κ3) is 0.657. The van der Waals surface area contributed by atoms with Gasteiger partial charge in [0.25, 0.3) is 0 Å². The molecule has 0 amide bonds. The van der Waals surface area contributed by atoms with Crippen LogP contribution in [0.4, 0.5) is 0 Å². The molecule has 18 atom stereocenters. The molecule has 1 aromatic rings. The highest BCUT2D eigenvalue weighted by molar-refractivity contribution is 5.60.